The molecule has 0 bridgehead atoms. The fraction of sp³-hybridized carbons (Fsp3) is 0.500. The number of nitrogens with one attached hydrogen (secondary N) is 2. The number of hydrogen-bond acceptors (Lipinski definition) is 7. The number of ketones is 2. The molecule has 8 nitrogen and oxygen atoms in total. The minimum absolute atomic E-state index is 0.0624. The maximum Gasteiger partial charge on any atom is 0.287 e. The molecule has 0 spiro atoms. The lowest BCUT2D eigenvalue weighted by Gasteiger charge is -2.23. The van der Waals surface area contributed by atoms with E-state index in [2.05, 4.69) is 14.4 Å². The van der Waals surface area contributed by atoms with E-state index >= 15 is 0 Å². The van der Waals surface area contributed by atoms with E-state index in [1.807, 2.05) is 0 Å². The first-order chi connectivity index (χ1) is 16.2. The number of carbonyl (C=O) groups is 3. The Morgan fingerprint density at radius 2 is 1.91 bits per heavy atom. The average Bonchev–Trinajstić information content (AvgIpc) is 3.26. The van der Waals surface area contributed by atoms with E-state index in [1.54, 1.807) is 38.2 Å². The van der Waals surface area contributed by atoms with Crippen molar-refractivity contribution in [3.63, 3.8) is 0 Å². The van der Waals surface area contributed by atoms with Crippen molar-refractivity contribution in [3.05, 3.63) is 47.0 Å². The Morgan fingerprint density at radius 1 is 1.18 bits per heavy atom. The molecule has 0 aliphatic carbocycles. The standard InChI is InChI=1S/C24H31N3O5S2/c1-16(2)22(27-34(31,32)19-8-4-3-5-9-19)20(28)14-17-11-12-18-15-26-33-21(18)10-6-7-13-25-24(30)23(17)29/h3-5,8-9,15-17,22,27H,6-7,10-14H2,1-2H3,(H,25,30). The molecule has 0 radical (unpaired) electrons. The molecule has 2 atom stereocenters. The summed E-state index contributed by atoms with van der Waals surface area (Å²) in [6.07, 6.45) is 4.94. The van der Waals surface area contributed by atoms with Crippen molar-refractivity contribution >= 4 is 39.0 Å². The van der Waals surface area contributed by atoms with E-state index in [0.29, 0.717) is 19.4 Å². The van der Waals surface area contributed by atoms with E-state index in [0.717, 1.165) is 24.8 Å². The molecule has 0 saturated carbocycles. The number of sulfonamides is 1. The van der Waals surface area contributed by atoms with Gasteiger partial charge in [0.2, 0.25) is 15.8 Å². The number of fused-ring (bicyclic) bond motifs is 1. The van der Waals surface area contributed by atoms with Gasteiger partial charge >= 0.3 is 0 Å². The Bertz CT molecular complexity index is 1110. The van der Waals surface area contributed by atoms with Gasteiger partial charge < -0.3 is 5.32 Å². The number of aromatic nitrogens is 1. The molecule has 1 amide bonds. The molecule has 0 fully saturated rings. The first kappa shape index (κ1) is 26.2. The zero-order chi connectivity index (χ0) is 24.7. The number of aryl methyl sites for hydroxylation is 2. The molecule has 1 aliphatic heterocycles. The zero-order valence-corrected chi connectivity index (χ0v) is 21.1. The fourth-order valence-electron chi connectivity index (χ4n) is 4.01. The van der Waals surface area contributed by atoms with E-state index < -0.39 is 39.5 Å². The molecular formula is C24H31N3O5S2. The van der Waals surface area contributed by atoms with Gasteiger partial charge in [0.1, 0.15) is 0 Å². The fourth-order valence-corrected chi connectivity index (χ4v) is 6.22. The summed E-state index contributed by atoms with van der Waals surface area (Å²) >= 11 is 1.44. The summed E-state index contributed by atoms with van der Waals surface area (Å²) in [6.45, 7) is 3.88. The molecule has 0 saturated heterocycles. The highest BCUT2D eigenvalue weighted by Gasteiger charge is 2.33. The number of nitrogens with zero attached hydrogens (tertiary/aromatic N) is 1. The quantitative estimate of drug-likeness (QED) is 0.558. The molecule has 34 heavy (non-hydrogen) atoms. The second-order valence-electron chi connectivity index (χ2n) is 8.91. The van der Waals surface area contributed by atoms with Crippen LogP contribution in [0, 0.1) is 11.8 Å². The summed E-state index contributed by atoms with van der Waals surface area (Å²) < 4.78 is 32.4. The minimum atomic E-state index is -3.92. The van der Waals surface area contributed by atoms with E-state index in [9.17, 15) is 22.8 Å². The first-order valence-electron chi connectivity index (χ1n) is 11.5. The van der Waals surface area contributed by atoms with Crippen LogP contribution in [0.25, 0.3) is 0 Å². The van der Waals surface area contributed by atoms with Gasteiger partial charge in [-0.1, -0.05) is 32.0 Å². The van der Waals surface area contributed by atoms with Crippen LogP contribution in [0.1, 0.15) is 50.0 Å². The molecular weight excluding hydrogens is 474 g/mol. The van der Waals surface area contributed by atoms with Crippen LogP contribution >= 0.6 is 11.5 Å². The Balaban J connectivity index is 1.79. The Hall–Kier alpha value is -2.43. The van der Waals surface area contributed by atoms with Gasteiger partial charge in [0, 0.05) is 30.0 Å². The number of carbonyl (C=O) groups excluding carboxylic acids is 3. The van der Waals surface area contributed by atoms with Crippen LogP contribution in [0.3, 0.4) is 0 Å². The summed E-state index contributed by atoms with van der Waals surface area (Å²) in [6, 6.07) is 6.82. The van der Waals surface area contributed by atoms with Crippen molar-refractivity contribution in [2.75, 3.05) is 6.54 Å². The maximum atomic E-state index is 13.3. The smallest absolute Gasteiger partial charge is 0.287 e. The third-order valence-electron chi connectivity index (χ3n) is 6.00. The highest BCUT2D eigenvalue weighted by molar-refractivity contribution is 7.89. The normalized spacial score (nSPS) is 19.0. The number of Topliss-reactive ketones (excluding diaryl/α,β-unsaturated/α-hetero) is 2. The summed E-state index contributed by atoms with van der Waals surface area (Å²) in [4.78, 5) is 39.9. The Kier molecular flexibility index (Phi) is 9.10. The number of benzene rings is 1. The molecule has 2 heterocycles. The van der Waals surface area contributed by atoms with Crippen LogP contribution in [0.5, 0.6) is 0 Å². The van der Waals surface area contributed by atoms with Gasteiger partial charge in [-0.05, 0) is 67.3 Å². The van der Waals surface area contributed by atoms with Crippen LogP contribution in [0.2, 0.25) is 0 Å². The van der Waals surface area contributed by atoms with Gasteiger partial charge in [0.15, 0.2) is 5.78 Å². The third kappa shape index (κ3) is 6.80. The van der Waals surface area contributed by atoms with Crippen molar-refractivity contribution in [2.45, 2.75) is 63.3 Å². The van der Waals surface area contributed by atoms with Gasteiger partial charge in [-0.2, -0.15) is 0 Å². The Morgan fingerprint density at radius 3 is 2.62 bits per heavy atom. The molecule has 2 N–H and O–H groups in total. The topological polar surface area (TPSA) is 122 Å². The lowest BCUT2D eigenvalue weighted by Crippen LogP contribution is -2.46. The predicted molar refractivity (Wildman–Crippen MR) is 130 cm³/mol. The average molecular weight is 506 g/mol. The largest absolute Gasteiger partial charge is 0.349 e. The Labute approximate surface area is 204 Å². The van der Waals surface area contributed by atoms with Crippen molar-refractivity contribution in [2.24, 2.45) is 11.8 Å². The van der Waals surface area contributed by atoms with Gasteiger partial charge in [0.05, 0.1) is 10.9 Å². The van der Waals surface area contributed by atoms with Crippen molar-refractivity contribution in [3.8, 4) is 0 Å². The molecule has 2 aromatic rings. The van der Waals surface area contributed by atoms with Gasteiger partial charge in [0.25, 0.3) is 5.91 Å². The van der Waals surface area contributed by atoms with Gasteiger partial charge in [-0.3, -0.25) is 14.4 Å². The summed E-state index contributed by atoms with van der Waals surface area (Å²) in [7, 11) is -3.92. The van der Waals surface area contributed by atoms with E-state index in [1.165, 1.54) is 28.5 Å². The van der Waals surface area contributed by atoms with Crippen molar-refractivity contribution < 1.29 is 22.8 Å². The van der Waals surface area contributed by atoms with Crippen molar-refractivity contribution in [1.82, 2.24) is 14.4 Å². The maximum absolute atomic E-state index is 13.3. The molecule has 3 rings (SSSR count). The minimum Gasteiger partial charge on any atom is -0.349 e. The van der Waals surface area contributed by atoms with E-state index in [4.69, 9.17) is 0 Å². The zero-order valence-electron chi connectivity index (χ0n) is 19.5. The summed E-state index contributed by atoms with van der Waals surface area (Å²) in [5.74, 6) is -2.90. The van der Waals surface area contributed by atoms with Crippen LogP contribution in [0.4, 0.5) is 0 Å². The second kappa shape index (κ2) is 11.8. The van der Waals surface area contributed by atoms with Gasteiger partial charge in [-0.25, -0.2) is 17.5 Å². The third-order valence-corrected chi connectivity index (χ3v) is 8.35. The lowest BCUT2D eigenvalue weighted by molar-refractivity contribution is -0.141. The van der Waals surface area contributed by atoms with E-state index in [-0.39, 0.29) is 17.2 Å². The van der Waals surface area contributed by atoms with Crippen LogP contribution in [-0.2, 0) is 37.2 Å². The monoisotopic (exact) mass is 505 g/mol. The van der Waals surface area contributed by atoms with Crippen LogP contribution in [-0.4, -0.2) is 42.9 Å². The summed E-state index contributed by atoms with van der Waals surface area (Å²) in [5.41, 5.74) is 1.04. The SMILES string of the molecule is CC(C)C(NS(=O)(=O)c1ccccc1)C(=O)CC1CCc2cnsc2CCCCNC(=O)C1=O. The molecule has 10 heteroatoms. The van der Waals surface area contributed by atoms with Crippen LogP contribution < -0.4 is 10.0 Å². The molecule has 2 unspecified atom stereocenters. The molecule has 184 valence electrons. The van der Waals surface area contributed by atoms with Gasteiger partial charge in [-0.15, -0.1) is 0 Å². The lowest BCUT2D eigenvalue weighted by atomic mass is 9.86. The highest BCUT2D eigenvalue weighted by Crippen LogP contribution is 2.24. The first-order valence-corrected chi connectivity index (χ1v) is 13.8. The predicted octanol–water partition coefficient (Wildman–Crippen LogP) is 2.68. The molecule has 1 aromatic carbocycles. The number of amides is 1. The van der Waals surface area contributed by atoms with Crippen molar-refractivity contribution in [1.29, 1.82) is 0 Å². The molecule has 1 aliphatic rings. The second-order valence-corrected chi connectivity index (χ2v) is 11.5. The molecule has 1 aromatic heterocycles. The van der Waals surface area contributed by atoms with Crippen LogP contribution in [0.15, 0.2) is 41.4 Å². The number of hydrogen-bond donors (Lipinski definition) is 2. The number of rotatable bonds is 7. The summed E-state index contributed by atoms with van der Waals surface area (Å²) in [5, 5.41) is 2.66. The highest BCUT2D eigenvalue weighted by atomic mass is 32.2.